The summed E-state index contributed by atoms with van der Waals surface area (Å²) in [6, 6.07) is 18.5. The summed E-state index contributed by atoms with van der Waals surface area (Å²) in [5.41, 5.74) is 2.29. The lowest BCUT2D eigenvalue weighted by Gasteiger charge is -2.24. The van der Waals surface area contributed by atoms with Crippen molar-refractivity contribution in [3.05, 3.63) is 89.7 Å². The van der Waals surface area contributed by atoms with Crippen LogP contribution in [0.1, 0.15) is 29.3 Å². The van der Waals surface area contributed by atoms with Crippen LogP contribution in [-0.4, -0.2) is 54.1 Å². The highest BCUT2D eigenvalue weighted by Crippen LogP contribution is 2.29. The Morgan fingerprint density at radius 3 is 2.28 bits per heavy atom. The minimum absolute atomic E-state index is 0.144. The zero-order valence-corrected chi connectivity index (χ0v) is 22.4. The van der Waals surface area contributed by atoms with E-state index >= 15 is 0 Å². The number of anilines is 2. The van der Waals surface area contributed by atoms with E-state index in [1.54, 1.807) is 79.6 Å². The first-order chi connectivity index (χ1) is 18.8. The van der Waals surface area contributed by atoms with E-state index in [0.29, 0.717) is 35.7 Å². The second kappa shape index (κ2) is 12.5. The minimum atomic E-state index is -0.834. The molecular formula is C29H28FN3O5S. The van der Waals surface area contributed by atoms with Crippen molar-refractivity contribution in [1.82, 2.24) is 4.90 Å². The predicted octanol–water partition coefficient (Wildman–Crippen LogP) is 4.58. The number of carbonyl (C=O) groups is 3. The van der Waals surface area contributed by atoms with Crippen LogP contribution in [0.4, 0.5) is 15.8 Å². The number of halogens is 1. The van der Waals surface area contributed by atoms with Crippen molar-refractivity contribution in [3.8, 4) is 5.75 Å². The second-order valence-corrected chi connectivity index (χ2v) is 9.16. The van der Waals surface area contributed by atoms with Crippen LogP contribution >= 0.6 is 12.2 Å². The molecule has 0 unspecified atom stereocenters. The van der Waals surface area contributed by atoms with E-state index in [4.69, 9.17) is 21.7 Å². The summed E-state index contributed by atoms with van der Waals surface area (Å²) >= 11 is 5.70. The number of esters is 1. The maximum Gasteiger partial charge on any atom is 0.338 e. The topological polar surface area (TPSA) is 88.2 Å². The number of hydrogen-bond donors (Lipinski definition) is 1. The van der Waals surface area contributed by atoms with E-state index < -0.39 is 12.0 Å². The summed E-state index contributed by atoms with van der Waals surface area (Å²) in [4.78, 5) is 41.6. The number of nitrogens with one attached hydrogen (secondary N) is 1. The fraction of sp³-hybridized carbons (Fsp3) is 0.241. The summed E-state index contributed by atoms with van der Waals surface area (Å²) in [5, 5.41) is 3.06. The molecule has 8 nitrogen and oxygen atoms in total. The first-order valence-electron chi connectivity index (χ1n) is 12.4. The molecule has 0 aromatic heterocycles. The lowest BCUT2D eigenvalue weighted by atomic mass is 10.1. The molecule has 1 saturated heterocycles. The normalized spacial score (nSPS) is 14.9. The monoisotopic (exact) mass is 549 g/mol. The highest BCUT2D eigenvalue weighted by Gasteiger charge is 2.43. The van der Waals surface area contributed by atoms with Gasteiger partial charge < -0.3 is 19.7 Å². The number of nitrogens with zero attached hydrogens (tertiary/aromatic N) is 2. The second-order valence-electron chi connectivity index (χ2n) is 8.79. The minimum Gasteiger partial charge on any atom is -0.497 e. The van der Waals surface area contributed by atoms with Gasteiger partial charge in [0.2, 0.25) is 5.91 Å². The molecule has 202 valence electrons. The Bertz CT molecular complexity index is 1350. The number of benzene rings is 3. The van der Waals surface area contributed by atoms with E-state index in [0.717, 1.165) is 5.56 Å². The molecule has 1 aliphatic rings. The molecule has 3 aromatic rings. The molecule has 4 rings (SSSR count). The van der Waals surface area contributed by atoms with Gasteiger partial charge in [-0.05, 0) is 91.8 Å². The number of rotatable bonds is 10. The third-order valence-corrected chi connectivity index (χ3v) is 6.68. The Labute approximate surface area is 231 Å². The Morgan fingerprint density at radius 1 is 1.00 bits per heavy atom. The first kappa shape index (κ1) is 27.7. The van der Waals surface area contributed by atoms with Gasteiger partial charge >= 0.3 is 5.97 Å². The maximum atomic E-state index is 13.6. The Kier molecular flexibility index (Phi) is 8.88. The first-order valence-corrected chi connectivity index (χ1v) is 12.8. The predicted molar refractivity (Wildman–Crippen MR) is 149 cm³/mol. The van der Waals surface area contributed by atoms with Gasteiger partial charge in [-0.2, -0.15) is 0 Å². The molecule has 0 aliphatic carbocycles. The van der Waals surface area contributed by atoms with Gasteiger partial charge in [0.25, 0.3) is 5.91 Å². The summed E-state index contributed by atoms with van der Waals surface area (Å²) < 4.78 is 23.5. The molecule has 1 atom stereocenters. The molecule has 10 heteroatoms. The molecule has 1 aliphatic heterocycles. The number of hydrogen-bond acceptors (Lipinski definition) is 6. The molecule has 39 heavy (non-hydrogen) atoms. The fourth-order valence-electron chi connectivity index (χ4n) is 4.25. The van der Waals surface area contributed by atoms with Crippen LogP contribution < -0.4 is 15.0 Å². The standard InChI is InChI=1S/C29H28FN3O5S/c1-3-38-28(36)20-6-10-22(11-7-20)31-26(34)18-25-27(35)33(23-12-14-24(37-2)15-13-23)29(39)32(25)17-16-19-4-8-21(30)9-5-19/h4-15,25H,3,16-18H2,1-2H3,(H,31,34)/t25-/m0/s1. The maximum absolute atomic E-state index is 13.6. The third kappa shape index (κ3) is 6.58. The Morgan fingerprint density at radius 2 is 1.67 bits per heavy atom. The van der Waals surface area contributed by atoms with Gasteiger partial charge in [-0.1, -0.05) is 12.1 Å². The lowest BCUT2D eigenvalue weighted by molar-refractivity contribution is -0.124. The van der Waals surface area contributed by atoms with E-state index in [1.807, 2.05) is 0 Å². The van der Waals surface area contributed by atoms with Gasteiger partial charge in [0, 0.05) is 12.2 Å². The summed E-state index contributed by atoms with van der Waals surface area (Å²) in [6.07, 6.45) is 0.353. The summed E-state index contributed by atoms with van der Waals surface area (Å²) in [6.45, 7) is 2.34. The van der Waals surface area contributed by atoms with Gasteiger partial charge in [-0.3, -0.25) is 14.5 Å². The average Bonchev–Trinajstić information content (AvgIpc) is 3.17. The smallest absolute Gasteiger partial charge is 0.338 e. The Balaban J connectivity index is 1.51. The highest BCUT2D eigenvalue weighted by molar-refractivity contribution is 7.80. The molecule has 0 bridgehead atoms. The van der Waals surface area contributed by atoms with Crippen molar-refractivity contribution >= 4 is 46.5 Å². The molecule has 3 aromatic carbocycles. The molecule has 0 radical (unpaired) electrons. The van der Waals surface area contributed by atoms with Crippen LogP contribution in [0, 0.1) is 5.82 Å². The highest BCUT2D eigenvalue weighted by atomic mass is 32.1. The van der Waals surface area contributed by atoms with Gasteiger partial charge in [0.05, 0.1) is 31.4 Å². The van der Waals surface area contributed by atoms with Crippen molar-refractivity contribution in [1.29, 1.82) is 0 Å². The van der Waals surface area contributed by atoms with E-state index in [-0.39, 0.29) is 35.8 Å². The van der Waals surface area contributed by atoms with Crippen LogP contribution in [0.25, 0.3) is 0 Å². The zero-order chi connectivity index (χ0) is 27.9. The zero-order valence-electron chi connectivity index (χ0n) is 21.6. The largest absolute Gasteiger partial charge is 0.497 e. The van der Waals surface area contributed by atoms with Gasteiger partial charge in [-0.25, -0.2) is 9.18 Å². The van der Waals surface area contributed by atoms with E-state index in [9.17, 15) is 18.8 Å². The van der Waals surface area contributed by atoms with Crippen molar-refractivity contribution in [2.75, 3.05) is 30.5 Å². The van der Waals surface area contributed by atoms with E-state index in [1.165, 1.54) is 17.0 Å². The van der Waals surface area contributed by atoms with Crippen LogP contribution in [0.3, 0.4) is 0 Å². The molecule has 2 amide bonds. The average molecular weight is 550 g/mol. The van der Waals surface area contributed by atoms with E-state index in [2.05, 4.69) is 5.32 Å². The van der Waals surface area contributed by atoms with Crippen molar-refractivity contribution in [2.24, 2.45) is 0 Å². The lowest BCUT2D eigenvalue weighted by Crippen LogP contribution is -2.39. The number of ether oxygens (including phenoxy) is 2. The SMILES string of the molecule is CCOC(=O)c1ccc(NC(=O)C[C@H]2C(=O)N(c3ccc(OC)cc3)C(=S)N2CCc2ccc(F)cc2)cc1. The van der Waals surface area contributed by atoms with Crippen LogP contribution in [0.5, 0.6) is 5.75 Å². The number of amides is 2. The van der Waals surface area contributed by atoms with Gasteiger partial charge in [-0.15, -0.1) is 0 Å². The molecule has 1 fully saturated rings. The van der Waals surface area contributed by atoms with Crippen LogP contribution in [-0.2, 0) is 20.7 Å². The van der Waals surface area contributed by atoms with Crippen LogP contribution in [0.15, 0.2) is 72.8 Å². The summed E-state index contributed by atoms with van der Waals surface area (Å²) in [5.74, 6) is -0.855. The number of methoxy groups -OCH3 is 1. The molecule has 1 heterocycles. The fourth-order valence-corrected chi connectivity index (χ4v) is 4.66. The Hall–Kier alpha value is -4.31. The van der Waals surface area contributed by atoms with Gasteiger partial charge in [0.1, 0.15) is 17.6 Å². The van der Waals surface area contributed by atoms with Crippen molar-refractivity contribution in [2.45, 2.75) is 25.8 Å². The molecule has 0 spiro atoms. The van der Waals surface area contributed by atoms with Crippen molar-refractivity contribution in [3.63, 3.8) is 0 Å². The molecule has 1 N–H and O–H groups in total. The quantitative estimate of drug-likeness (QED) is 0.293. The van der Waals surface area contributed by atoms with Crippen molar-refractivity contribution < 1.29 is 28.2 Å². The van der Waals surface area contributed by atoms with Crippen LogP contribution in [0.2, 0.25) is 0 Å². The molecular weight excluding hydrogens is 521 g/mol. The third-order valence-electron chi connectivity index (χ3n) is 6.26. The number of carbonyl (C=O) groups excluding carboxylic acids is 3. The molecule has 0 saturated carbocycles. The summed E-state index contributed by atoms with van der Waals surface area (Å²) in [7, 11) is 1.55. The number of thiocarbonyl (C=S) groups is 1. The van der Waals surface area contributed by atoms with Gasteiger partial charge in [0.15, 0.2) is 5.11 Å².